The van der Waals surface area contributed by atoms with Crippen LogP contribution in [0.5, 0.6) is 0 Å². The maximum Gasteiger partial charge on any atom is 0.137 e. The molecule has 6 heteroatoms. The molecule has 2 rings (SSSR count). The maximum atomic E-state index is 5.78. The fraction of sp³-hybridized carbons (Fsp3) is 0.286. The highest BCUT2D eigenvalue weighted by atomic mass is 32.1. The van der Waals surface area contributed by atoms with Crippen molar-refractivity contribution in [3.8, 4) is 0 Å². The SMILES string of the molecule is Cc1cc(C)c(C(N)=S)c(NCc2ccnc(C)n2)n1. The molecule has 0 aliphatic carbocycles. The second-order valence-electron chi connectivity index (χ2n) is 4.62. The number of anilines is 1. The number of pyridine rings is 1. The fourth-order valence-corrected chi connectivity index (χ4v) is 2.31. The van der Waals surface area contributed by atoms with Gasteiger partial charge in [0, 0.05) is 11.9 Å². The monoisotopic (exact) mass is 287 g/mol. The van der Waals surface area contributed by atoms with Gasteiger partial charge in [0.05, 0.1) is 17.8 Å². The molecule has 0 radical (unpaired) electrons. The Morgan fingerprint density at radius 1 is 1.30 bits per heavy atom. The second-order valence-corrected chi connectivity index (χ2v) is 5.06. The van der Waals surface area contributed by atoms with Gasteiger partial charge in [-0.3, -0.25) is 0 Å². The van der Waals surface area contributed by atoms with Gasteiger partial charge in [0.1, 0.15) is 16.6 Å². The molecule has 2 heterocycles. The normalized spacial score (nSPS) is 10.3. The van der Waals surface area contributed by atoms with E-state index in [0.717, 1.165) is 28.3 Å². The molecular weight excluding hydrogens is 270 g/mol. The third-order valence-electron chi connectivity index (χ3n) is 2.86. The van der Waals surface area contributed by atoms with E-state index in [1.165, 1.54) is 0 Å². The summed E-state index contributed by atoms with van der Waals surface area (Å²) in [5, 5.41) is 3.25. The lowest BCUT2D eigenvalue weighted by atomic mass is 10.1. The summed E-state index contributed by atoms with van der Waals surface area (Å²) in [7, 11) is 0. The smallest absolute Gasteiger partial charge is 0.137 e. The number of hydrogen-bond acceptors (Lipinski definition) is 5. The number of thiocarbonyl (C=S) groups is 1. The first-order valence-electron chi connectivity index (χ1n) is 6.28. The van der Waals surface area contributed by atoms with Crippen molar-refractivity contribution in [2.75, 3.05) is 5.32 Å². The van der Waals surface area contributed by atoms with Crippen LogP contribution in [0.15, 0.2) is 18.3 Å². The first-order valence-corrected chi connectivity index (χ1v) is 6.68. The summed E-state index contributed by atoms with van der Waals surface area (Å²) in [5.74, 6) is 1.44. The van der Waals surface area contributed by atoms with Crippen LogP contribution in [0.3, 0.4) is 0 Å². The zero-order chi connectivity index (χ0) is 14.7. The molecule has 20 heavy (non-hydrogen) atoms. The molecule has 0 fully saturated rings. The van der Waals surface area contributed by atoms with Crippen LogP contribution < -0.4 is 11.1 Å². The summed E-state index contributed by atoms with van der Waals surface area (Å²) in [6.45, 7) is 6.33. The minimum Gasteiger partial charge on any atom is -0.389 e. The lowest BCUT2D eigenvalue weighted by Gasteiger charge is -2.13. The Morgan fingerprint density at radius 3 is 2.70 bits per heavy atom. The number of nitrogens with two attached hydrogens (primary N) is 1. The number of nitrogens with zero attached hydrogens (tertiary/aromatic N) is 3. The number of rotatable bonds is 4. The number of aromatic nitrogens is 3. The van der Waals surface area contributed by atoms with Crippen molar-refractivity contribution in [3.05, 3.63) is 46.7 Å². The number of aryl methyl sites for hydroxylation is 3. The molecule has 0 aliphatic rings. The Hall–Kier alpha value is -2.08. The second kappa shape index (κ2) is 5.92. The molecule has 3 N–H and O–H groups in total. The van der Waals surface area contributed by atoms with Crippen LogP contribution in [0.2, 0.25) is 0 Å². The minimum atomic E-state index is 0.344. The van der Waals surface area contributed by atoms with E-state index in [4.69, 9.17) is 18.0 Å². The van der Waals surface area contributed by atoms with Crippen LogP contribution in [0.4, 0.5) is 5.82 Å². The molecule has 104 valence electrons. The summed E-state index contributed by atoms with van der Waals surface area (Å²) in [6.07, 6.45) is 1.74. The topological polar surface area (TPSA) is 76.7 Å². The average molecular weight is 287 g/mol. The van der Waals surface area contributed by atoms with Crippen molar-refractivity contribution in [1.82, 2.24) is 15.0 Å². The summed E-state index contributed by atoms with van der Waals surface area (Å²) in [6, 6.07) is 3.83. The van der Waals surface area contributed by atoms with E-state index in [0.29, 0.717) is 17.4 Å². The Morgan fingerprint density at radius 2 is 2.05 bits per heavy atom. The van der Waals surface area contributed by atoms with Gasteiger partial charge in [-0.2, -0.15) is 0 Å². The third kappa shape index (κ3) is 3.27. The highest BCUT2D eigenvalue weighted by Gasteiger charge is 2.11. The van der Waals surface area contributed by atoms with E-state index in [1.807, 2.05) is 32.9 Å². The summed E-state index contributed by atoms with van der Waals surface area (Å²) >= 11 is 5.10. The van der Waals surface area contributed by atoms with Crippen LogP contribution in [-0.2, 0) is 6.54 Å². The molecule has 0 saturated carbocycles. The molecule has 0 amide bonds. The average Bonchev–Trinajstić information content (AvgIpc) is 2.35. The molecule has 5 nitrogen and oxygen atoms in total. The molecular formula is C14H17N5S. The Balaban J connectivity index is 2.27. The predicted octanol–water partition coefficient (Wildman–Crippen LogP) is 2.04. The van der Waals surface area contributed by atoms with E-state index in [-0.39, 0.29) is 0 Å². The zero-order valence-corrected chi connectivity index (χ0v) is 12.6. The van der Waals surface area contributed by atoms with E-state index in [1.54, 1.807) is 6.20 Å². The first-order chi connectivity index (χ1) is 9.47. The Labute approximate surface area is 123 Å². The lowest BCUT2D eigenvalue weighted by Crippen LogP contribution is -2.17. The molecule has 0 saturated heterocycles. The molecule has 0 aliphatic heterocycles. The van der Waals surface area contributed by atoms with Gasteiger partial charge >= 0.3 is 0 Å². The van der Waals surface area contributed by atoms with Gasteiger partial charge in [-0.1, -0.05) is 12.2 Å². The largest absolute Gasteiger partial charge is 0.389 e. The van der Waals surface area contributed by atoms with E-state index >= 15 is 0 Å². The van der Waals surface area contributed by atoms with Crippen molar-refractivity contribution in [1.29, 1.82) is 0 Å². The number of hydrogen-bond donors (Lipinski definition) is 2. The molecule has 0 bridgehead atoms. The molecule has 0 spiro atoms. The van der Waals surface area contributed by atoms with Crippen molar-refractivity contribution in [3.63, 3.8) is 0 Å². The van der Waals surface area contributed by atoms with Gasteiger partial charge in [0.2, 0.25) is 0 Å². The van der Waals surface area contributed by atoms with Gasteiger partial charge in [-0.25, -0.2) is 15.0 Å². The van der Waals surface area contributed by atoms with Gasteiger partial charge < -0.3 is 11.1 Å². The minimum absolute atomic E-state index is 0.344. The zero-order valence-electron chi connectivity index (χ0n) is 11.8. The van der Waals surface area contributed by atoms with Crippen LogP contribution in [-0.4, -0.2) is 19.9 Å². The molecule has 2 aromatic rings. The predicted molar refractivity (Wildman–Crippen MR) is 83.7 cm³/mol. The third-order valence-corrected chi connectivity index (χ3v) is 3.07. The molecule has 0 atom stereocenters. The van der Waals surface area contributed by atoms with E-state index in [9.17, 15) is 0 Å². The highest BCUT2D eigenvalue weighted by Crippen LogP contribution is 2.19. The van der Waals surface area contributed by atoms with Crippen LogP contribution in [0.1, 0.15) is 28.3 Å². The molecule has 2 aromatic heterocycles. The lowest BCUT2D eigenvalue weighted by molar-refractivity contribution is 0.947. The van der Waals surface area contributed by atoms with Crippen molar-refractivity contribution in [2.45, 2.75) is 27.3 Å². The van der Waals surface area contributed by atoms with Gasteiger partial charge in [-0.15, -0.1) is 0 Å². The highest BCUT2D eigenvalue weighted by molar-refractivity contribution is 7.80. The summed E-state index contributed by atoms with van der Waals surface area (Å²) in [4.78, 5) is 13.2. The van der Waals surface area contributed by atoms with E-state index < -0.39 is 0 Å². The Kier molecular flexibility index (Phi) is 4.24. The van der Waals surface area contributed by atoms with Crippen molar-refractivity contribution in [2.24, 2.45) is 5.73 Å². The van der Waals surface area contributed by atoms with Gasteiger partial charge in [-0.05, 0) is 38.5 Å². The van der Waals surface area contributed by atoms with Crippen LogP contribution in [0.25, 0.3) is 0 Å². The summed E-state index contributed by atoms with van der Waals surface area (Å²) < 4.78 is 0. The van der Waals surface area contributed by atoms with Crippen LogP contribution in [0, 0.1) is 20.8 Å². The standard InChI is InChI=1S/C14H17N5S/c1-8-6-9(2)18-14(12(8)13(15)20)17-7-11-4-5-16-10(3)19-11/h4-6H,7H2,1-3H3,(H2,15,20)(H,17,18). The fourth-order valence-electron chi connectivity index (χ4n) is 2.05. The molecule has 0 aromatic carbocycles. The van der Waals surface area contributed by atoms with Gasteiger partial charge in [0.15, 0.2) is 0 Å². The first kappa shape index (κ1) is 14.3. The van der Waals surface area contributed by atoms with Crippen LogP contribution >= 0.6 is 12.2 Å². The quantitative estimate of drug-likeness (QED) is 0.838. The summed E-state index contributed by atoms with van der Waals surface area (Å²) in [5.41, 5.74) is 9.41. The van der Waals surface area contributed by atoms with Crippen molar-refractivity contribution >= 4 is 23.0 Å². The molecule has 0 unspecified atom stereocenters. The Bertz CT molecular complexity index is 654. The maximum absolute atomic E-state index is 5.78. The van der Waals surface area contributed by atoms with E-state index in [2.05, 4.69) is 20.3 Å². The number of nitrogens with one attached hydrogen (secondary N) is 1. The van der Waals surface area contributed by atoms with Crippen molar-refractivity contribution < 1.29 is 0 Å². The van der Waals surface area contributed by atoms with Gasteiger partial charge in [0.25, 0.3) is 0 Å².